The Balaban J connectivity index is 1.57. The van der Waals surface area contributed by atoms with Gasteiger partial charge in [0.05, 0.1) is 21.3 Å². The molecule has 30 heavy (non-hydrogen) atoms. The number of ketones is 1. The largest absolute Gasteiger partial charge is 0.497 e. The van der Waals surface area contributed by atoms with Crippen molar-refractivity contribution in [2.45, 2.75) is 12.8 Å². The molecule has 3 rings (SSSR count). The second kappa shape index (κ2) is 9.96. The molecule has 0 unspecified atom stereocenters. The van der Waals surface area contributed by atoms with Gasteiger partial charge >= 0.3 is 0 Å². The number of carbonyl (C=O) groups is 2. The Labute approximate surface area is 177 Å². The Kier molecular flexibility index (Phi) is 7.12. The van der Waals surface area contributed by atoms with Gasteiger partial charge in [-0.1, -0.05) is 0 Å². The van der Waals surface area contributed by atoms with E-state index in [9.17, 15) is 9.59 Å². The Morgan fingerprint density at radius 1 is 0.867 bits per heavy atom. The Morgan fingerprint density at radius 2 is 1.43 bits per heavy atom. The number of amides is 1. The first-order chi connectivity index (χ1) is 14.5. The third-order valence-electron chi connectivity index (χ3n) is 5.34. The average Bonchev–Trinajstić information content (AvgIpc) is 2.81. The minimum absolute atomic E-state index is 0.0610. The molecule has 0 spiro atoms. The van der Waals surface area contributed by atoms with Crippen molar-refractivity contribution < 1.29 is 23.8 Å². The van der Waals surface area contributed by atoms with E-state index in [0.29, 0.717) is 43.0 Å². The van der Waals surface area contributed by atoms with Gasteiger partial charge in [-0.25, -0.2) is 0 Å². The number of benzene rings is 2. The molecule has 0 aliphatic carbocycles. The monoisotopic (exact) mass is 409 g/mol. The van der Waals surface area contributed by atoms with Crippen LogP contribution in [0.15, 0.2) is 48.5 Å². The molecule has 2 aromatic rings. The number of methoxy groups -OCH3 is 3. The predicted molar refractivity (Wildman–Crippen MR) is 115 cm³/mol. The van der Waals surface area contributed by atoms with Crippen LogP contribution in [0.3, 0.4) is 0 Å². The van der Waals surface area contributed by atoms with E-state index in [2.05, 4.69) is 0 Å². The van der Waals surface area contributed by atoms with Crippen LogP contribution in [0.4, 0.5) is 0 Å². The third kappa shape index (κ3) is 5.20. The Morgan fingerprint density at radius 3 is 1.97 bits per heavy atom. The molecule has 1 amide bonds. The summed E-state index contributed by atoms with van der Waals surface area (Å²) < 4.78 is 15.7. The zero-order valence-electron chi connectivity index (χ0n) is 17.6. The van der Waals surface area contributed by atoms with Crippen LogP contribution in [0.1, 0.15) is 28.8 Å². The molecule has 0 bridgehead atoms. The van der Waals surface area contributed by atoms with Crippen molar-refractivity contribution in [3.05, 3.63) is 59.7 Å². The number of hydrogen-bond acceptors (Lipinski definition) is 5. The van der Waals surface area contributed by atoms with Crippen molar-refractivity contribution in [3.63, 3.8) is 0 Å². The molecule has 6 heteroatoms. The van der Waals surface area contributed by atoms with Gasteiger partial charge < -0.3 is 19.1 Å². The number of nitrogens with zero attached hydrogens (tertiary/aromatic N) is 1. The number of Topliss-reactive ketones (excluding diaryl/α,β-unsaturated/α-hetero) is 1. The van der Waals surface area contributed by atoms with Crippen molar-refractivity contribution in [2.24, 2.45) is 5.92 Å². The van der Waals surface area contributed by atoms with Crippen LogP contribution < -0.4 is 14.2 Å². The van der Waals surface area contributed by atoms with Gasteiger partial charge in [-0.2, -0.15) is 0 Å². The fourth-order valence-corrected chi connectivity index (χ4v) is 3.55. The highest BCUT2D eigenvalue weighted by molar-refractivity contribution is 5.98. The van der Waals surface area contributed by atoms with Crippen LogP contribution in [0.5, 0.6) is 17.2 Å². The standard InChI is InChI=1S/C24H27NO5/c1-28-20-7-5-18(6-8-20)24(27)19-10-12-25(13-11-19)23(26)9-4-17-14-21(29-2)16-22(15-17)30-3/h4-9,14-16,19H,10-13H2,1-3H3. The Hall–Kier alpha value is -3.28. The fourth-order valence-electron chi connectivity index (χ4n) is 3.55. The van der Waals surface area contributed by atoms with Crippen molar-refractivity contribution in [1.82, 2.24) is 4.90 Å². The lowest BCUT2D eigenvalue weighted by Crippen LogP contribution is -2.39. The summed E-state index contributed by atoms with van der Waals surface area (Å²) in [5.41, 5.74) is 1.51. The minimum atomic E-state index is -0.0628. The van der Waals surface area contributed by atoms with E-state index in [0.717, 1.165) is 11.3 Å². The lowest BCUT2D eigenvalue weighted by molar-refractivity contribution is -0.127. The summed E-state index contributed by atoms with van der Waals surface area (Å²) >= 11 is 0. The van der Waals surface area contributed by atoms with Gasteiger partial charge in [0, 0.05) is 36.7 Å². The van der Waals surface area contributed by atoms with Crippen molar-refractivity contribution in [2.75, 3.05) is 34.4 Å². The maximum Gasteiger partial charge on any atom is 0.246 e. The molecule has 0 aromatic heterocycles. The summed E-state index contributed by atoms with van der Waals surface area (Å²) in [6.07, 6.45) is 4.64. The van der Waals surface area contributed by atoms with Crippen molar-refractivity contribution >= 4 is 17.8 Å². The zero-order valence-corrected chi connectivity index (χ0v) is 17.6. The Bertz CT molecular complexity index is 889. The maximum absolute atomic E-state index is 12.7. The molecule has 158 valence electrons. The van der Waals surface area contributed by atoms with Gasteiger partial charge in [-0.15, -0.1) is 0 Å². The molecule has 1 saturated heterocycles. The van der Waals surface area contributed by atoms with Gasteiger partial charge in [0.25, 0.3) is 0 Å². The van der Waals surface area contributed by atoms with E-state index in [4.69, 9.17) is 14.2 Å². The molecular weight excluding hydrogens is 382 g/mol. The first-order valence-electron chi connectivity index (χ1n) is 9.92. The number of rotatable bonds is 7. The van der Waals surface area contributed by atoms with Gasteiger partial charge in [0.1, 0.15) is 17.2 Å². The van der Waals surface area contributed by atoms with Gasteiger partial charge in [-0.3, -0.25) is 9.59 Å². The van der Waals surface area contributed by atoms with Crippen LogP contribution >= 0.6 is 0 Å². The first kappa shape index (κ1) is 21.4. The predicted octanol–water partition coefficient (Wildman–Crippen LogP) is 3.85. The van der Waals surface area contributed by atoms with Crippen LogP contribution in [0.25, 0.3) is 6.08 Å². The SMILES string of the molecule is COc1ccc(C(=O)C2CCN(C(=O)C=Cc3cc(OC)cc(OC)c3)CC2)cc1. The molecule has 1 fully saturated rings. The summed E-state index contributed by atoms with van der Waals surface area (Å²) in [5.74, 6) is 2.07. The molecule has 0 atom stereocenters. The summed E-state index contributed by atoms with van der Waals surface area (Å²) in [4.78, 5) is 27.1. The molecule has 0 radical (unpaired) electrons. The smallest absolute Gasteiger partial charge is 0.246 e. The van der Waals surface area contributed by atoms with Crippen LogP contribution in [-0.4, -0.2) is 51.0 Å². The molecule has 1 heterocycles. The molecule has 0 saturated carbocycles. The maximum atomic E-state index is 12.7. The lowest BCUT2D eigenvalue weighted by atomic mass is 9.89. The van der Waals surface area contributed by atoms with E-state index in [1.165, 1.54) is 0 Å². The van der Waals surface area contributed by atoms with Crippen molar-refractivity contribution in [3.8, 4) is 17.2 Å². The minimum Gasteiger partial charge on any atom is -0.497 e. The second-order valence-electron chi connectivity index (χ2n) is 7.17. The van der Waals surface area contributed by atoms with E-state index in [1.54, 1.807) is 68.7 Å². The molecule has 2 aromatic carbocycles. The van der Waals surface area contributed by atoms with Gasteiger partial charge in [0.2, 0.25) is 5.91 Å². The van der Waals surface area contributed by atoms with E-state index < -0.39 is 0 Å². The molecule has 0 N–H and O–H groups in total. The van der Waals surface area contributed by atoms with Crippen molar-refractivity contribution in [1.29, 1.82) is 0 Å². The summed E-state index contributed by atoms with van der Waals surface area (Å²) in [7, 11) is 4.78. The zero-order chi connectivity index (χ0) is 21.5. The molecule has 6 nitrogen and oxygen atoms in total. The highest BCUT2D eigenvalue weighted by Gasteiger charge is 2.27. The van der Waals surface area contributed by atoms with Crippen LogP contribution in [0, 0.1) is 5.92 Å². The number of likely N-dealkylation sites (tertiary alicyclic amines) is 1. The lowest BCUT2D eigenvalue weighted by Gasteiger charge is -2.30. The van der Waals surface area contributed by atoms with Gasteiger partial charge in [-0.05, 0) is 60.9 Å². The van der Waals surface area contributed by atoms with Crippen LogP contribution in [0.2, 0.25) is 0 Å². The highest BCUT2D eigenvalue weighted by atomic mass is 16.5. The normalized spacial score (nSPS) is 14.6. The second-order valence-corrected chi connectivity index (χ2v) is 7.17. The summed E-state index contributed by atoms with van der Waals surface area (Å²) in [6.45, 7) is 1.13. The van der Waals surface area contributed by atoms with E-state index >= 15 is 0 Å². The quantitative estimate of drug-likeness (QED) is 0.513. The summed E-state index contributed by atoms with van der Waals surface area (Å²) in [5, 5.41) is 0. The number of piperidine rings is 1. The topological polar surface area (TPSA) is 65.1 Å². The third-order valence-corrected chi connectivity index (χ3v) is 5.34. The average molecular weight is 409 g/mol. The molecule has 1 aliphatic heterocycles. The number of ether oxygens (including phenoxy) is 3. The number of hydrogen-bond donors (Lipinski definition) is 0. The first-order valence-corrected chi connectivity index (χ1v) is 9.92. The highest BCUT2D eigenvalue weighted by Crippen LogP contribution is 2.25. The molecule has 1 aliphatic rings. The summed E-state index contributed by atoms with van der Waals surface area (Å²) in [6, 6.07) is 12.6. The van der Waals surface area contributed by atoms with E-state index in [1.807, 2.05) is 12.1 Å². The van der Waals surface area contributed by atoms with Gasteiger partial charge in [0.15, 0.2) is 5.78 Å². The molecular formula is C24H27NO5. The van der Waals surface area contributed by atoms with E-state index in [-0.39, 0.29) is 17.6 Å². The van der Waals surface area contributed by atoms with Crippen LogP contribution in [-0.2, 0) is 4.79 Å². The fraction of sp³-hybridized carbons (Fsp3) is 0.333. The number of carbonyl (C=O) groups excluding carboxylic acids is 2.